The van der Waals surface area contributed by atoms with Crippen LogP contribution in [0.3, 0.4) is 0 Å². The summed E-state index contributed by atoms with van der Waals surface area (Å²) in [4.78, 5) is 2.36. The highest BCUT2D eigenvalue weighted by atomic mass is 35.5. The van der Waals surface area contributed by atoms with Gasteiger partial charge in [-0.2, -0.15) is 0 Å². The fourth-order valence-corrected chi connectivity index (χ4v) is 0.380. The number of nitrogens with zero attached hydrogens (tertiary/aromatic N) is 1. The summed E-state index contributed by atoms with van der Waals surface area (Å²) >= 11 is 15.4. The molecule has 0 radical (unpaired) electrons. The molecule has 0 aromatic rings. The van der Waals surface area contributed by atoms with E-state index in [1.54, 1.807) is 0 Å². The van der Waals surface area contributed by atoms with E-state index < -0.39 is 0 Å². The molecule has 0 spiro atoms. The molecule has 0 aliphatic rings. The van der Waals surface area contributed by atoms with Crippen molar-refractivity contribution in [2.75, 3.05) is 13.1 Å². The summed E-state index contributed by atoms with van der Waals surface area (Å²) in [5.74, 6) is 0. The highest BCUT2D eigenvalue weighted by Gasteiger charge is 1.89. The van der Waals surface area contributed by atoms with Crippen molar-refractivity contribution in [1.82, 2.24) is 8.77 Å². The summed E-state index contributed by atoms with van der Waals surface area (Å²) in [7, 11) is 0. The standard InChI is InChI=1S/C2H5Cl3N2/c3-6-1-2-7(4)5/h6H,1-2H2. The zero-order valence-corrected chi connectivity index (χ0v) is 5.76. The molecule has 5 heteroatoms. The van der Waals surface area contributed by atoms with Gasteiger partial charge >= 0.3 is 0 Å². The molecule has 0 amide bonds. The molecule has 0 aromatic heterocycles. The number of halogens is 3. The lowest BCUT2D eigenvalue weighted by atomic mass is 10.7. The van der Waals surface area contributed by atoms with Crippen molar-refractivity contribution >= 4 is 35.3 Å². The highest BCUT2D eigenvalue weighted by molar-refractivity contribution is 6.33. The molecular formula is C2H5Cl3N2. The maximum Gasteiger partial charge on any atom is 0.0442 e. The average molecular weight is 163 g/mol. The van der Waals surface area contributed by atoms with E-state index in [1.165, 1.54) is 0 Å². The van der Waals surface area contributed by atoms with Crippen LogP contribution >= 0.6 is 35.3 Å². The minimum absolute atomic E-state index is 0.520. The minimum Gasteiger partial charge on any atom is -0.232 e. The molecule has 0 saturated heterocycles. The van der Waals surface area contributed by atoms with Gasteiger partial charge in [-0.05, 0) is 35.3 Å². The molecule has 0 atom stereocenters. The minimum atomic E-state index is 0.520. The normalized spacial score (nSPS) is 10.3. The van der Waals surface area contributed by atoms with Gasteiger partial charge in [0.2, 0.25) is 0 Å². The Morgan fingerprint density at radius 3 is 2.14 bits per heavy atom. The van der Waals surface area contributed by atoms with Gasteiger partial charge in [-0.15, -0.1) is 3.94 Å². The first-order chi connectivity index (χ1) is 3.27. The van der Waals surface area contributed by atoms with E-state index in [0.29, 0.717) is 13.1 Å². The van der Waals surface area contributed by atoms with Crippen LogP contribution in [-0.2, 0) is 0 Å². The predicted octanol–water partition coefficient (Wildman–Crippen LogP) is 1.34. The van der Waals surface area contributed by atoms with Crippen molar-refractivity contribution in [3.05, 3.63) is 0 Å². The van der Waals surface area contributed by atoms with E-state index in [9.17, 15) is 0 Å². The van der Waals surface area contributed by atoms with Gasteiger partial charge in [0.05, 0.1) is 0 Å². The molecule has 0 unspecified atom stereocenters. The number of rotatable bonds is 3. The third kappa shape index (κ3) is 6.79. The first-order valence-corrected chi connectivity index (χ1v) is 2.75. The lowest BCUT2D eigenvalue weighted by molar-refractivity contribution is 0.684. The molecule has 0 bridgehead atoms. The van der Waals surface area contributed by atoms with E-state index >= 15 is 0 Å². The molecule has 1 N–H and O–H groups in total. The number of hydrogen-bond acceptors (Lipinski definition) is 2. The van der Waals surface area contributed by atoms with Crippen molar-refractivity contribution in [2.45, 2.75) is 0 Å². The zero-order chi connectivity index (χ0) is 5.70. The Morgan fingerprint density at radius 1 is 1.43 bits per heavy atom. The third-order valence-corrected chi connectivity index (χ3v) is 0.902. The second kappa shape index (κ2) is 4.94. The van der Waals surface area contributed by atoms with Crippen molar-refractivity contribution in [3.8, 4) is 0 Å². The largest absolute Gasteiger partial charge is 0.232 e. The van der Waals surface area contributed by atoms with Crippen molar-refractivity contribution in [3.63, 3.8) is 0 Å². The average Bonchev–Trinajstić information content (AvgIpc) is 1.61. The van der Waals surface area contributed by atoms with Crippen LogP contribution in [0.5, 0.6) is 0 Å². The topological polar surface area (TPSA) is 15.3 Å². The third-order valence-electron chi connectivity index (χ3n) is 0.375. The maximum atomic E-state index is 5.16. The molecular weight excluding hydrogens is 158 g/mol. The molecule has 0 aliphatic carbocycles. The summed E-state index contributed by atoms with van der Waals surface area (Å²) in [6.07, 6.45) is 0. The van der Waals surface area contributed by atoms with Crippen LogP contribution in [0.4, 0.5) is 0 Å². The fourth-order valence-electron chi connectivity index (χ4n) is 0.127. The van der Waals surface area contributed by atoms with Gasteiger partial charge in [0.1, 0.15) is 0 Å². The van der Waals surface area contributed by atoms with Crippen LogP contribution in [0.1, 0.15) is 0 Å². The number of hydrogen-bond donors (Lipinski definition) is 1. The van der Waals surface area contributed by atoms with Crippen LogP contribution in [0, 0.1) is 0 Å². The second-order valence-corrected chi connectivity index (χ2v) is 2.17. The number of nitrogens with one attached hydrogen (secondary N) is 1. The van der Waals surface area contributed by atoms with Crippen molar-refractivity contribution in [2.24, 2.45) is 0 Å². The lowest BCUT2D eigenvalue weighted by Crippen LogP contribution is -2.13. The Kier molecular flexibility index (Phi) is 5.49. The Hall–Kier alpha value is 0.790. The fraction of sp³-hybridized carbons (Fsp3) is 1.00. The molecule has 44 valence electrons. The quantitative estimate of drug-likeness (QED) is 0.632. The maximum absolute atomic E-state index is 5.16. The molecule has 0 aliphatic heterocycles. The molecule has 0 aromatic carbocycles. The second-order valence-electron chi connectivity index (χ2n) is 0.910. The summed E-state index contributed by atoms with van der Waals surface area (Å²) in [5, 5.41) is 0. The van der Waals surface area contributed by atoms with E-state index in [0.717, 1.165) is 3.94 Å². The Morgan fingerprint density at radius 2 is 2.00 bits per heavy atom. The van der Waals surface area contributed by atoms with E-state index in [2.05, 4.69) is 4.84 Å². The van der Waals surface area contributed by atoms with Crippen molar-refractivity contribution in [1.29, 1.82) is 0 Å². The smallest absolute Gasteiger partial charge is 0.0442 e. The SMILES string of the molecule is ClNCCN(Cl)Cl. The van der Waals surface area contributed by atoms with E-state index in [4.69, 9.17) is 35.3 Å². The van der Waals surface area contributed by atoms with Crippen LogP contribution in [-0.4, -0.2) is 17.0 Å². The lowest BCUT2D eigenvalue weighted by Gasteiger charge is -1.98. The highest BCUT2D eigenvalue weighted by Crippen LogP contribution is 1.94. The first-order valence-electron chi connectivity index (χ1n) is 1.70. The Bertz CT molecular complexity index is 39.9. The molecule has 7 heavy (non-hydrogen) atoms. The Balaban J connectivity index is 2.68. The Labute approximate surface area is 57.7 Å². The monoisotopic (exact) mass is 162 g/mol. The zero-order valence-electron chi connectivity index (χ0n) is 3.50. The van der Waals surface area contributed by atoms with Gasteiger partial charge in [-0.1, -0.05) is 0 Å². The van der Waals surface area contributed by atoms with Gasteiger partial charge in [-0.3, -0.25) is 0 Å². The summed E-state index contributed by atoms with van der Waals surface area (Å²) in [6.45, 7) is 1.10. The predicted molar refractivity (Wildman–Crippen MR) is 32.3 cm³/mol. The van der Waals surface area contributed by atoms with Crippen LogP contribution in [0.25, 0.3) is 0 Å². The molecule has 0 fully saturated rings. The summed E-state index contributed by atoms with van der Waals surface area (Å²) in [5.41, 5.74) is 0. The van der Waals surface area contributed by atoms with Crippen LogP contribution in [0.15, 0.2) is 0 Å². The van der Waals surface area contributed by atoms with E-state index in [-0.39, 0.29) is 0 Å². The summed E-state index contributed by atoms with van der Waals surface area (Å²) < 4.78 is 1.01. The van der Waals surface area contributed by atoms with E-state index in [1.807, 2.05) is 0 Å². The van der Waals surface area contributed by atoms with Gasteiger partial charge in [0.25, 0.3) is 0 Å². The summed E-state index contributed by atoms with van der Waals surface area (Å²) in [6, 6.07) is 0. The van der Waals surface area contributed by atoms with Crippen LogP contribution < -0.4 is 4.84 Å². The molecule has 0 rings (SSSR count). The first kappa shape index (κ1) is 7.79. The van der Waals surface area contributed by atoms with Gasteiger partial charge in [0, 0.05) is 13.1 Å². The molecule has 0 heterocycles. The van der Waals surface area contributed by atoms with Gasteiger partial charge < -0.3 is 0 Å². The van der Waals surface area contributed by atoms with Crippen LogP contribution in [0.2, 0.25) is 0 Å². The molecule has 0 saturated carbocycles. The van der Waals surface area contributed by atoms with Crippen molar-refractivity contribution < 1.29 is 0 Å². The van der Waals surface area contributed by atoms with Gasteiger partial charge in [-0.25, -0.2) is 4.84 Å². The van der Waals surface area contributed by atoms with Gasteiger partial charge in [0.15, 0.2) is 0 Å². The molecule has 2 nitrogen and oxygen atoms in total.